The normalized spacial score (nSPS) is 12.0. The molecule has 0 unspecified atom stereocenters. The number of halogens is 3. The maximum absolute atomic E-state index is 13.2. The molecule has 7 heteroatoms. The number of rotatable bonds is 6. The largest absolute Gasteiger partial charge is 0.416 e. The third-order valence-corrected chi connectivity index (χ3v) is 4.57. The minimum absolute atomic E-state index is 0.191. The monoisotopic (exact) mass is 421 g/mol. The molecule has 0 saturated heterocycles. The van der Waals surface area contributed by atoms with Gasteiger partial charge in [-0.1, -0.05) is 65.8 Å². The van der Waals surface area contributed by atoms with Crippen molar-refractivity contribution in [2.75, 3.05) is 0 Å². The first-order valence-electron chi connectivity index (χ1n) is 9.53. The van der Waals surface area contributed by atoms with E-state index in [0.717, 1.165) is 23.4 Å². The van der Waals surface area contributed by atoms with Crippen molar-refractivity contribution < 1.29 is 18.0 Å². The zero-order valence-electron chi connectivity index (χ0n) is 16.3. The van der Waals surface area contributed by atoms with Crippen LogP contribution in [-0.2, 0) is 17.6 Å². The number of alkyl halides is 3. The van der Waals surface area contributed by atoms with Crippen LogP contribution >= 0.6 is 0 Å². The number of oxime groups is 1. The quantitative estimate of drug-likeness (QED) is 0.289. The minimum atomic E-state index is -4.46. The van der Waals surface area contributed by atoms with Crippen molar-refractivity contribution in [3.8, 4) is 5.69 Å². The predicted octanol–water partition coefficient (Wildman–Crippen LogP) is 5.86. The predicted molar refractivity (Wildman–Crippen MR) is 112 cm³/mol. The average Bonchev–Trinajstić information content (AvgIpc) is 3.27. The van der Waals surface area contributed by atoms with Crippen molar-refractivity contribution in [2.24, 2.45) is 5.16 Å². The van der Waals surface area contributed by atoms with Crippen molar-refractivity contribution in [3.05, 3.63) is 120 Å². The summed E-state index contributed by atoms with van der Waals surface area (Å²) in [5, 5.41) is 8.51. The fourth-order valence-electron chi connectivity index (χ4n) is 3.03. The summed E-state index contributed by atoms with van der Waals surface area (Å²) in [5.41, 5.74) is 2.06. The molecule has 1 aromatic heterocycles. The van der Waals surface area contributed by atoms with Crippen LogP contribution in [0.15, 0.2) is 102 Å². The topological polar surface area (TPSA) is 39.4 Å². The van der Waals surface area contributed by atoms with Gasteiger partial charge in [0.05, 0.1) is 17.4 Å². The zero-order valence-corrected chi connectivity index (χ0v) is 16.3. The molecular formula is C24H18F3N3O. The maximum atomic E-state index is 13.2. The number of aromatic nitrogens is 2. The van der Waals surface area contributed by atoms with E-state index < -0.39 is 11.7 Å². The molecule has 0 atom stereocenters. The Hall–Kier alpha value is -3.87. The molecule has 0 bridgehead atoms. The summed E-state index contributed by atoms with van der Waals surface area (Å²) in [7, 11) is 0. The molecule has 0 amide bonds. The van der Waals surface area contributed by atoms with Crippen LogP contribution in [0.5, 0.6) is 0 Å². The van der Waals surface area contributed by atoms with Crippen molar-refractivity contribution >= 4 is 5.71 Å². The highest BCUT2D eigenvalue weighted by Gasteiger charge is 2.31. The van der Waals surface area contributed by atoms with Gasteiger partial charge in [0.2, 0.25) is 0 Å². The molecule has 1 heterocycles. The summed E-state index contributed by atoms with van der Waals surface area (Å²) in [6.07, 6.45) is -1.20. The van der Waals surface area contributed by atoms with Gasteiger partial charge in [-0.15, -0.1) is 0 Å². The summed E-state index contributed by atoms with van der Waals surface area (Å²) in [4.78, 5) is 5.50. The number of hydrogen-bond donors (Lipinski definition) is 0. The number of hydrogen-bond acceptors (Lipinski definition) is 3. The number of benzene rings is 3. The smallest absolute Gasteiger partial charge is 0.390 e. The fourth-order valence-corrected chi connectivity index (χ4v) is 3.03. The van der Waals surface area contributed by atoms with E-state index in [1.807, 2.05) is 60.7 Å². The fraction of sp³-hybridized carbons (Fsp3) is 0.0833. The molecule has 0 saturated carbocycles. The first kappa shape index (κ1) is 20.4. The van der Waals surface area contributed by atoms with E-state index in [1.54, 1.807) is 23.1 Å². The Morgan fingerprint density at radius 3 is 2.29 bits per heavy atom. The lowest BCUT2D eigenvalue weighted by atomic mass is 10.0. The van der Waals surface area contributed by atoms with Gasteiger partial charge in [0.1, 0.15) is 12.3 Å². The van der Waals surface area contributed by atoms with Crippen molar-refractivity contribution in [1.82, 2.24) is 9.78 Å². The van der Waals surface area contributed by atoms with E-state index in [4.69, 9.17) is 4.84 Å². The highest BCUT2D eigenvalue weighted by Crippen LogP contribution is 2.30. The maximum Gasteiger partial charge on any atom is 0.416 e. The summed E-state index contributed by atoms with van der Waals surface area (Å²) in [6.45, 7) is 0.191. The van der Waals surface area contributed by atoms with Crippen molar-refractivity contribution in [2.45, 2.75) is 12.8 Å². The Labute approximate surface area is 177 Å². The van der Waals surface area contributed by atoms with E-state index in [2.05, 4.69) is 10.3 Å². The van der Waals surface area contributed by atoms with Gasteiger partial charge in [0.15, 0.2) is 0 Å². The highest BCUT2D eigenvalue weighted by molar-refractivity contribution is 6.12. The van der Waals surface area contributed by atoms with Crippen LogP contribution in [0.4, 0.5) is 13.2 Å². The van der Waals surface area contributed by atoms with E-state index in [1.165, 1.54) is 6.07 Å². The van der Waals surface area contributed by atoms with Gasteiger partial charge in [-0.25, -0.2) is 4.68 Å². The molecule has 0 radical (unpaired) electrons. The minimum Gasteiger partial charge on any atom is -0.390 e. The van der Waals surface area contributed by atoms with Crippen LogP contribution in [-0.4, -0.2) is 15.5 Å². The SMILES string of the molecule is FC(F)(F)c1cccc(/C(=N\OCc2ccccc2)c2cnn(-c3ccccc3)c2)c1. The molecule has 31 heavy (non-hydrogen) atoms. The van der Waals surface area contributed by atoms with Gasteiger partial charge in [0.25, 0.3) is 0 Å². The highest BCUT2D eigenvalue weighted by atomic mass is 19.4. The Morgan fingerprint density at radius 2 is 1.58 bits per heavy atom. The molecule has 0 aliphatic heterocycles. The van der Waals surface area contributed by atoms with Crippen LogP contribution < -0.4 is 0 Å². The summed E-state index contributed by atoms with van der Waals surface area (Å²) < 4.78 is 41.4. The van der Waals surface area contributed by atoms with E-state index >= 15 is 0 Å². The zero-order chi connectivity index (χ0) is 21.7. The second-order valence-corrected chi connectivity index (χ2v) is 6.79. The first-order chi connectivity index (χ1) is 15.0. The van der Waals surface area contributed by atoms with Crippen molar-refractivity contribution in [3.63, 3.8) is 0 Å². The standard InChI is InChI=1S/C24H18F3N3O/c25-24(26,27)21-11-7-10-19(14-21)23(29-31-17-18-8-3-1-4-9-18)20-15-28-30(16-20)22-12-5-2-6-13-22/h1-16H,17H2/b29-23+. The Kier molecular flexibility index (Phi) is 5.84. The van der Waals surface area contributed by atoms with Gasteiger partial charge >= 0.3 is 6.18 Å². The summed E-state index contributed by atoms with van der Waals surface area (Å²) >= 11 is 0. The molecular weight excluding hydrogens is 403 g/mol. The molecule has 4 aromatic rings. The van der Waals surface area contributed by atoms with Crippen LogP contribution in [0.3, 0.4) is 0 Å². The van der Waals surface area contributed by atoms with Crippen LogP contribution in [0.2, 0.25) is 0 Å². The molecule has 0 aliphatic carbocycles. The Morgan fingerprint density at radius 1 is 0.871 bits per heavy atom. The van der Waals surface area contributed by atoms with Gasteiger partial charge in [0, 0.05) is 17.3 Å². The van der Waals surface area contributed by atoms with E-state index in [-0.39, 0.29) is 17.9 Å². The third kappa shape index (κ3) is 5.01. The molecule has 3 aromatic carbocycles. The second kappa shape index (κ2) is 8.87. The van der Waals surface area contributed by atoms with Crippen LogP contribution in [0.25, 0.3) is 5.69 Å². The van der Waals surface area contributed by atoms with E-state index in [9.17, 15) is 13.2 Å². The lowest BCUT2D eigenvalue weighted by molar-refractivity contribution is -0.137. The average molecular weight is 421 g/mol. The molecule has 156 valence electrons. The Bertz CT molecular complexity index is 1170. The number of para-hydroxylation sites is 1. The third-order valence-electron chi connectivity index (χ3n) is 4.57. The van der Waals surface area contributed by atoms with Gasteiger partial charge < -0.3 is 4.84 Å². The van der Waals surface area contributed by atoms with Gasteiger partial charge in [-0.2, -0.15) is 18.3 Å². The molecule has 4 nitrogen and oxygen atoms in total. The molecule has 0 fully saturated rings. The van der Waals surface area contributed by atoms with Crippen LogP contribution in [0.1, 0.15) is 22.3 Å². The number of nitrogens with zero attached hydrogens (tertiary/aromatic N) is 3. The van der Waals surface area contributed by atoms with Crippen molar-refractivity contribution in [1.29, 1.82) is 0 Å². The molecule has 4 rings (SSSR count). The lowest BCUT2D eigenvalue weighted by Crippen LogP contribution is -2.09. The first-order valence-corrected chi connectivity index (χ1v) is 9.53. The van der Waals surface area contributed by atoms with E-state index in [0.29, 0.717) is 5.56 Å². The summed E-state index contributed by atoms with van der Waals surface area (Å²) in [6, 6.07) is 23.8. The Balaban J connectivity index is 1.69. The van der Waals surface area contributed by atoms with Gasteiger partial charge in [-0.3, -0.25) is 0 Å². The molecule has 0 aliphatic rings. The summed E-state index contributed by atoms with van der Waals surface area (Å²) in [5.74, 6) is 0. The van der Waals surface area contributed by atoms with Crippen LogP contribution in [0, 0.1) is 0 Å². The molecule has 0 spiro atoms. The second-order valence-electron chi connectivity index (χ2n) is 6.79. The molecule has 0 N–H and O–H groups in total. The lowest BCUT2D eigenvalue weighted by Gasteiger charge is -2.10. The van der Waals surface area contributed by atoms with Gasteiger partial charge in [-0.05, 0) is 29.8 Å².